The van der Waals surface area contributed by atoms with Gasteiger partial charge in [-0.2, -0.15) is 0 Å². The van der Waals surface area contributed by atoms with Gasteiger partial charge in [-0.15, -0.1) is 0 Å². The number of nitrogens with one attached hydrogen (secondary N) is 2. The fraction of sp³-hybridized carbons (Fsp3) is 0.409. The smallest absolute Gasteiger partial charge is 0.318 e. The van der Waals surface area contributed by atoms with E-state index in [9.17, 15) is 4.79 Å². The standard InChI is InChI=1S/C22H28ClN3O/c1-16-4-3-5-21(25-22(27)24-2)20(16)15-26-12-10-18(11-13-26)14-17-6-8-19(23)9-7-17/h3-9,18H,10-15H2,1-2H3,(H2,24,25,27). The number of anilines is 1. The fourth-order valence-electron chi connectivity index (χ4n) is 3.74. The lowest BCUT2D eigenvalue weighted by molar-refractivity contribution is 0.177. The van der Waals surface area contributed by atoms with E-state index in [4.69, 9.17) is 11.6 Å². The summed E-state index contributed by atoms with van der Waals surface area (Å²) in [5.41, 5.74) is 4.69. The van der Waals surface area contributed by atoms with Gasteiger partial charge < -0.3 is 10.6 Å². The largest absolute Gasteiger partial charge is 0.341 e. The number of aryl methyl sites for hydroxylation is 1. The summed E-state index contributed by atoms with van der Waals surface area (Å²) in [5.74, 6) is 0.725. The maximum absolute atomic E-state index is 11.7. The Kier molecular flexibility index (Phi) is 6.75. The Bertz CT molecular complexity index is 768. The Balaban J connectivity index is 1.57. The first-order valence-corrected chi connectivity index (χ1v) is 9.97. The van der Waals surface area contributed by atoms with E-state index in [-0.39, 0.29) is 6.03 Å². The number of carbonyl (C=O) groups excluding carboxylic acids is 1. The highest BCUT2D eigenvalue weighted by Gasteiger charge is 2.21. The molecule has 1 aliphatic heterocycles. The molecule has 2 aromatic carbocycles. The van der Waals surface area contributed by atoms with Crippen LogP contribution in [-0.4, -0.2) is 31.1 Å². The molecule has 27 heavy (non-hydrogen) atoms. The van der Waals surface area contributed by atoms with E-state index < -0.39 is 0 Å². The molecule has 0 aromatic heterocycles. The monoisotopic (exact) mass is 385 g/mol. The molecule has 0 aliphatic carbocycles. The van der Waals surface area contributed by atoms with Crippen molar-refractivity contribution < 1.29 is 4.79 Å². The molecular formula is C22H28ClN3O. The second-order valence-electron chi connectivity index (χ2n) is 7.36. The summed E-state index contributed by atoms with van der Waals surface area (Å²) in [7, 11) is 1.64. The van der Waals surface area contributed by atoms with E-state index in [0.717, 1.165) is 42.7 Å². The Hall–Kier alpha value is -2.04. The molecule has 2 N–H and O–H groups in total. The molecule has 1 aliphatic rings. The first-order valence-electron chi connectivity index (χ1n) is 9.59. The van der Waals surface area contributed by atoms with Gasteiger partial charge >= 0.3 is 6.03 Å². The molecule has 4 nitrogen and oxygen atoms in total. The zero-order chi connectivity index (χ0) is 19.2. The highest BCUT2D eigenvalue weighted by atomic mass is 35.5. The van der Waals surface area contributed by atoms with Gasteiger partial charge in [-0.1, -0.05) is 35.9 Å². The molecule has 1 heterocycles. The number of hydrogen-bond donors (Lipinski definition) is 2. The molecule has 0 saturated carbocycles. The van der Waals surface area contributed by atoms with Crippen molar-refractivity contribution in [1.29, 1.82) is 0 Å². The number of piperidine rings is 1. The normalized spacial score (nSPS) is 15.5. The van der Waals surface area contributed by atoms with Crippen LogP contribution in [0.25, 0.3) is 0 Å². The van der Waals surface area contributed by atoms with Crippen LogP contribution in [0.15, 0.2) is 42.5 Å². The minimum absolute atomic E-state index is 0.177. The minimum atomic E-state index is -0.177. The van der Waals surface area contributed by atoms with Gasteiger partial charge in [0.15, 0.2) is 0 Å². The number of halogens is 1. The Morgan fingerprint density at radius 3 is 2.52 bits per heavy atom. The molecule has 5 heteroatoms. The Morgan fingerprint density at radius 1 is 1.15 bits per heavy atom. The fourth-order valence-corrected chi connectivity index (χ4v) is 3.87. The van der Waals surface area contributed by atoms with Crippen molar-refractivity contribution >= 4 is 23.3 Å². The zero-order valence-electron chi connectivity index (χ0n) is 16.1. The van der Waals surface area contributed by atoms with Crippen molar-refractivity contribution in [2.75, 3.05) is 25.5 Å². The molecule has 0 spiro atoms. The molecule has 3 rings (SSSR count). The van der Waals surface area contributed by atoms with E-state index in [0.29, 0.717) is 0 Å². The lowest BCUT2D eigenvalue weighted by Gasteiger charge is -2.33. The van der Waals surface area contributed by atoms with Gasteiger partial charge in [0, 0.05) is 24.3 Å². The van der Waals surface area contributed by atoms with Gasteiger partial charge in [-0.05, 0) is 80.1 Å². The Morgan fingerprint density at radius 2 is 1.85 bits per heavy atom. The summed E-state index contributed by atoms with van der Waals surface area (Å²) in [4.78, 5) is 14.2. The second kappa shape index (κ2) is 9.25. The molecule has 0 radical (unpaired) electrons. The van der Waals surface area contributed by atoms with Crippen LogP contribution in [0.4, 0.5) is 10.5 Å². The van der Waals surface area contributed by atoms with E-state index >= 15 is 0 Å². The average Bonchev–Trinajstić information content (AvgIpc) is 2.67. The van der Waals surface area contributed by atoms with Crippen LogP contribution in [0.1, 0.15) is 29.5 Å². The number of hydrogen-bond acceptors (Lipinski definition) is 2. The van der Waals surface area contributed by atoms with E-state index in [1.807, 2.05) is 24.3 Å². The minimum Gasteiger partial charge on any atom is -0.341 e. The highest BCUT2D eigenvalue weighted by Crippen LogP contribution is 2.26. The zero-order valence-corrected chi connectivity index (χ0v) is 16.9. The van der Waals surface area contributed by atoms with Gasteiger partial charge in [-0.25, -0.2) is 4.79 Å². The van der Waals surface area contributed by atoms with E-state index in [1.54, 1.807) is 7.05 Å². The molecular weight excluding hydrogens is 358 g/mol. The van der Waals surface area contributed by atoms with Crippen LogP contribution < -0.4 is 10.6 Å². The molecule has 1 saturated heterocycles. The lowest BCUT2D eigenvalue weighted by Crippen LogP contribution is -2.34. The summed E-state index contributed by atoms with van der Waals surface area (Å²) >= 11 is 5.98. The number of urea groups is 1. The van der Waals surface area contributed by atoms with Crippen LogP contribution in [0.2, 0.25) is 5.02 Å². The highest BCUT2D eigenvalue weighted by molar-refractivity contribution is 6.30. The first-order chi connectivity index (χ1) is 13.0. The van der Waals surface area contributed by atoms with Gasteiger partial charge in [0.05, 0.1) is 0 Å². The third-order valence-corrected chi connectivity index (χ3v) is 5.66. The summed E-state index contributed by atoms with van der Waals surface area (Å²) in [6.45, 7) is 5.16. The van der Waals surface area contributed by atoms with E-state index in [2.05, 4.69) is 40.7 Å². The summed E-state index contributed by atoms with van der Waals surface area (Å²) in [5, 5.41) is 6.37. The van der Waals surface area contributed by atoms with Gasteiger partial charge in [0.1, 0.15) is 0 Å². The molecule has 0 atom stereocenters. The van der Waals surface area contributed by atoms with Crippen LogP contribution in [-0.2, 0) is 13.0 Å². The van der Waals surface area contributed by atoms with Crippen molar-refractivity contribution in [2.45, 2.75) is 32.7 Å². The molecule has 144 valence electrons. The van der Waals surface area contributed by atoms with Crippen molar-refractivity contribution in [2.24, 2.45) is 5.92 Å². The first kappa shape index (κ1) is 19.7. The number of carbonyl (C=O) groups is 1. The summed E-state index contributed by atoms with van der Waals surface area (Å²) < 4.78 is 0. The van der Waals surface area contributed by atoms with Crippen LogP contribution >= 0.6 is 11.6 Å². The quantitative estimate of drug-likeness (QED) is 0.772. The molecule has 2 amide bonds. The van der Waals surface area contributed by atoms with Crippen molar-refractivity contribution in [3.05, 3.63) is 64.2 Å². The number of amides is 2. The predicted molar refractivity (Wildman–Crippen MR) is 112 cm³/mol. The van der Waals surface area contributed by atoms with Crippen LogP contribution in [0, 0.1) is 12.8 Å². The molecule has 2 aromatic rings. The molecule has 0 bridgehead atoms. The van der Waals surface area contributed by atoms with Crippen molar-refractivity contribution in [3.8, 4) is 0 Å². The number of likely N-dealkylation sites (tertiary alicyclic amines) is 1. The number of nitrogens with zero attached hydrogens (tertiary/aromatic N) is 1. The van der Waals surface area contributed by atoms with Gasteiger partial charge in [-0.3, -0.25) is 4.90 Å². The maximum atomic E-state index is 11.7. The molecule has 1 fully saturated rings. The third-order valence-electron chi connectivity index (χ3n) is 5.41. The average molecular weight is 386 g/mol. The lowest BCUT2D eigenvalue weighted by atomic mass is 9.90. The maximum Gasteiger partial charge on any atom is 0.318 e. The third kappa shape index (κ3) is 5.47. The predicted octanol–water partition coefficient (Wildman–Crippen LogP) is 4.85. The number of benzene rings is 2. The van der Waals surface area contributed by atoms with E-state index in [1.165, 1.54) is 29.5 Å². The van der Waals surface area contributed by atoms with Gasteiger partial charge in [0.25, 0.3) is 0 Å². The summed E-state index contributed by atoms with van der Waals surface area (Å²) in [6.07, 6.45) is 3.53. The SMILES string of the molecule is CNC(=O)Nc1cccc(C)c1CN1CCC(Cc2ccc(Cl)cc2)CC1. The Labute approximate surface area is 166 Å². The van der Waals surface area contributed by atoms with Crippen LogP contribution in [0.5, 0.6) is 0 Å². The number of rotatable bonds is 5. The van der Waals surface area contributed by atoms with Crippen molar-refractivity contribution in [3.63, 3.8) is 0 Å². The summed E-state index contributed by atoms with van der Waals surface area (Å²) in [6, 6.07) is 14.1. The topological polar surface area (TPSA) is 44.4 Å². The van der Waals surface area contributed by atoms with Gasteiger partial charge in [0.2, 0.25) is 0 Å². The molecule has 0 unspecified atom stereocenters. The van der Waals surface area contributed by atoms with Crippen LogP contribution in [0.3, 0.4) is 0 Å². The van der Waals surface area contributed by atoms with Crippen molar-refractivity contribution in [1.82, 2.24) is 10.2 Å². The second-order valence-corrected chi connectivity index (χ2v) is 7.79.